The Morgan fingerprint density at radius 1 is 1.18 bits per heavy atom. The van der Waals surface area contributed by atoms with Gasteiger partial charge in [-0.2, -0.15) is 5.10 Å². The molecule has 0 aliphatic rings. The Labute approximate surface area is 184 Å². The van der Waals surface area contributed by atoms with Gasteiger partial charge in [0, 0.05) is 44.1 Å². The Kier molecular flexibility index (Phi) is 11.9. The van der Waals surface area contributed by atoms with Crippen molar-refractivity contribution in [3.63, 3.8) is 0 Å². The summed E-state index contributed by atoms with van der Waals surface area (Å²) in [5.41, 5.74) is 1.92. The zero-order chi connectivity index (χ0) is 19.3. The van der Waals surface area contributed by atoms with Crippen LogP contribution >= 0.6 is 24.0 Å². The van der Waals surface area contributed by atoms with Gasteiger partial charge < -0.3 is 16.0 Å². The lowest BCUT2D eigenvalue weighted by molar-refractivity contribution is -0.116. The minimum Gasteiger partial charge on any atom is -0.357 e. The molecule has 1 aromatic heterocycles. The maximum atomic E-state index is 11.6. The third kappa shape index (κ3) is 9.20. The van der Waals surface area contributed by atoms with Crippen molar-refractivity contribution >= 4 is 41.5 Å². The number of guanidine groups is 1. The number of aromatic nitrogens is 2. The number of amides is 1. The largest absolute Gasteiger partial charge is 0.357 e. The van der Waals surface area contributed by atoms with E-state index in [9.17, 15) is 4.79 Å². The van der Waals surface area contributed by atoms with E-state index in [0.717, 1.165) is 49.7 Å². The van der Waals surface area contributed by atoms with Gasteiger partial charge in [0.1, 0.15) is 0 Å². The number of hydrogen-bond donors (Lipinski definition) is 3. The van der Waals surface area contributed by atoms with Crippen LogP contribution in [-0.2, 0) is 17.9 Å². The van der Waals surface area contributed by atoms with Crippen molar-refractivity contribution in [2.45, 2.75) is 46.2 Å². The molecule has 0 saturated heterocycles. The predicted octanol–water partition coefficient (Wildman–Crippen LogP) is 3.39. The van der Waals surface area contributed by atoms with Crippen LogP contribution in [0.15, 0.2) is 47.7 Å². The second kappa shape index (κ2) is 14.0. The molecule has 8 heteroatoms. The molecular formula is C20H31IN6O. The topological polar surface area (TPSA) is 83.3 Å². The van der Waals surface area contributed by atoms with Gasteiger partial charge in [0.2, 0.25) is 5.91 Å². The average Bonchev–Trinajstić information content (AvgIpc) is 3.18. The third-order valence-corrected chi connectivity index (χ3v) is 3.89. The van der Waals surface area contributed by atoms with Gasteiger partial charge in [-0.05, 0) is 43.5 Å². The number of anilines is 1. The number of benzene rings is 1. The monoisotopic (exact) mass is 498 g/mol. The van der Waals surface area contributed by atoms with E-state index in [4.69, 9.17) is 0 Å². The number of carbonyl (C=O) groups excluding carboxylic acids is 1. The van der Waals surface area contributed by atoms with Crippen molar-refractivity contribution in [2.75, 3.05) is 18.4 Å². The maximum Gasteiger partial charge on any atom is 0.224 e. The molecule has 1 amide bonds. The molecule has 2 rings (SSSR count). The van der Waals surface area contributed by atoms with Crippen LogP contribution < -0.4 is 16.0 Å². The fraction of sp³-hybridized carbons (Fsp3) is 0.450. The van der Waals surface area contributed by atoms with Crippen molar-refractivity contribution in [3.05, 3.63) is 48.3 Å². The molecule has 0 spiro atoms. The second-order valence-electron chi connectivity index (χ2n) is 6.24. The Morgan fingerprint density at radius 2 is 1.96 bits per heavy atom. The number of rotatable bonds is 10. The number of nitrogens with one attached hydrogen (secondary N) is 3. The van der Waals surface area contributed by atoms with Crippen LogP contribution in [0.3, 0.4) is 0 Å². The summed E-state index contributed by atoms with van der Waals surface area (Å²) in [6, 6.07) is 9.75. The Morgan fingerprint density at radius 3 is 2.61 bits per heavy atom. The highest BCUT2D eigenvalue weighted by Gasteiger charge is 2.01. The van der Waals surface area contributed by atoms with Crippen molar-refractivity contribution in [2.24, 2.45) is 4.99 Å². The Bertz CT molecular complexity index is 700. The first-order valence-corrected chi connectivity index (χ1v) is 9.59. The molecule has 0 aliphatic carbocycles. The zero-order valence-corrected chi connectivity index (χ0v) is 19.0. The zero-order valence-electron chi connectivity index (χ0n) is 16.6. The summed E-state index contributed by atoms with van der Waals surface area (Å²) in [4.78, 5) is 16.3. The van der Waals surface area contributed by atoms with Crippen molar-refractivity contribution in [1.82, 2.24) is 20.4 Å². The first-order valence-electron chi connectivity index (χ1n) is 9.59. The van der Waals surface area contributed by atoms with Crippen LogP contribution in [-0.4, -0.2) is 34.7 Å². The van der Waals surface area contributed by atoms with Crippen LogP contribution in [0.4, 0.5) is 5.69 Å². The molecule has 154 valence electrons. The van der Waals surface area contributed by atoms with Gasteiger partial charge in [-0.15, -0.1) is 24.0 Å². The van der Waals surface area contributed by atoms with Crippen LogP contribution in [0.2, 0.25) is 0 Å². The third-order valence-electron chi connectivity index (χ3n) is 3.89. The van der Waals surface area contributed by atoms with Crippen LogP contribution in [0.1, 0.15) is 38.7 Å². The molecule has 0 aliphatic heterocycles. The smallest absolute Gasteiger partial charge is 0.224 e. The SMILES string of the molecule is CCCC(=O)Nc1ccc(CN=C(NCC)NCCCn2cccn2)cc1.I. The fourth-order valence-corrected chi connectivity index (χ4v) is 2.54. The van der Waals surface area contributed by atoms with Gasteiger partial charge in [0.25, 0.3) is 0 Å². The lowest BCUT2D eigenvalue weighted by Gasteiger charge is -2.11. The minimum atomic E-state index is 0. The van der Waals surface area contributed by atoms with Gasteiger partial charge in [-0.3, -0.25) is 9.48 Å². The molecule has 0 atom stereocenters. The van der Waals surface area contributed by atoms with E-state index in [-0.39, 0.29) is 29.9 Å². The van der Waals surface area contributed by atoms with Gasteiger partial charge >= 0.3 is 0 Å². The lowest BCUT2D eigenvalue weighted by Crippen LogP contribution is -2.38. The molecule has 0 fully saturated rings. The van der Waals surface area contributed by atoms with Crippen molar-refractivity contribution < 1.29 is 4.79 Å². The highest BCUT2D eigenvalue weighted by Crippen LogP contribution is 2.11. The molecule has 7 nitrogen and oxygen atoms in total. The lowest BCUT2D eigenvalue weighted by atomic mass is 10.2. The van der Waals surface area contributed by atoms with E-state index in [1.807, 2.05) is 48.1 Å². The molecule has 0 saturated carbocycles. The van der Waals surface area contributed by atoms with E-state index in [1.165, 1.54) is 0 Å². The van der Waals surface area contributed by atoms with Crippen LogP contribution in [0.25, 0.3) is 0 Å². The summed E-state index contributed by atoms with van der Waals surface area (Å²) >= 11 is 0. The number of nitrogens with zero attached hydrogens (tertiary/aromatic N) is 3. The van der Waals surface area contributed by atoms with Crippen molar-refractivity contribution in [3.8, 4) is 0 Å². The quantitative estimate of drug-likeness (QED) is 0.203. The summed E-state index contributed by atoms with van der Waals surface area (Å²) in [6.07, 6.45) is 6.12. The number of hydrogen-bond acceptors (Lipinski definition) is 3. The Balaban J connectivity index is 0.00000392. The summed E-state index contributed by atoms with van der Waals surface area (Å²) in [6.45, 7) is 7.15. The number of aryl methyl sites for hydroxylation is 1. The molecule has 0 radical (unpaired) electrons. The molecule has 0 unspecified atom stereocenters. The summed E-state index contributed by atoms with van der Waals surface area (Å²) in [5.74, 6) is 0.857. The van der Waals surface area contributed by atoms with E-state index < -0.39 is 0 Å². The molecule has 28 heavy (non-hydrogen) atoms. The van der Waals surface area contributed by atoms with E-state index in [2.05, 4.69) is 33.0 Å². The highest BCUT2D eigenvalue weighted by molar-refractivity contribution is 14.0. The molecular weight excluding hydrogens is 467 g/mol. The minimum absolute atomic E-state index is 0. The predicted molar refractivity (Wildman–Crippen MR) is 125 cm³/mol. The maximum absolute atomic E-state index is 11.6. The van der Waals surface area contributed by atoms with Gasteiger partial charge in [-0.1, -0.05) is 19.1 Å². The highest BCUT2D eigenvalue weighted by atomic mass is 127. The van der Waals surface area contributed by atoms with Gasteiger partial charge in [0.15, 0.2) is 5.96 Å². The normalized spacial score (nSPS) is 10.9. The van der Waals surface area contributed by atoms with E-state index in [0.29, 0.717) is 13.0 Å². The molecule has 2 aromatic rings. The Hall–Kier alpha value is -2.10. The van der Waals surface area contributed by atoms with E-state index >= 15 is 0 Å². The van der Waals surface area contributed by atoms with Crippen molar-refractivity contribution in [1.29, 1.82) is 0 Å². The van der Waals surface area contributed by atoms with Gasteiger partial charge in [0.05, 0.1) is 6.54 Å². The average molecular weight is 498 g/mol. The molecule has 3 N–H and O–H groups in total. The van der Waals surface area contributed by atoms with Crippen LogP contribution in [0.5, 0.6) is 0 Å². The summed E-state index contributed by atoms with van der Waals surface area (Å²) in [7, 11) is 0. The first-order chi connectivity index (χ1) is 13.2. The fourth-order valence-electron chi connectivity index (χ4n) is 2.54. The summed E-state index contributed by atoms with van der Waals surface area (Å²) < 4.78 is 1.92. The first kappa shape index (κ1) is 23.9. The van der Waals surface area contributed by atoms with E-state index in [1.54, 1.807) is 6.20 Å². The second-order valence-corrected chi connectivity index (χ2v) is 6.24. The molecule has 1 aromatic carbocycles. The van der Waals surface area contributed by atoms with Gasteiger partial charge in [-0.25, -0.2) is 4.99 Å². The molecule has 0 bridgehead atoms. The number of aliphatic imine (C=N–C) groups is 1. The molecule has 1 heterocycles. The summed E-state index contributed by atoms with van der Waals surface area (Å²) in [5, 5.41) is 13.7. The van der Waals surface area contributed by atoms with Crippen LogP contribution in [0, 0.1) is 0 Å². The number of halogens is 1. The standard InChI is InChI=1S/C20H30N6O.HI/c1-3-7-19(27)25-18-10-8-17(9-11-18)16-23-20(21-4-2)22-12-5-14-26-15-6-13-24-26;/h6,8-11,13,15H,3-5,7,12,14,16H2,1-2H3,(H,25,27)(H2,21,22,23);1H. The number of carbonyl (C=O) groups is 1.